The molecule has 14 heavy (non-hydrogen) atoms. The van der Waals surface area contributed by atoms with Gasteiger partial charge in [-0.05, 0) is 37.6 Å². The Morgan fingerprint density at radius 3 is 2.29 bits per heavy atom. The van der Waals surface area contributed by atoms with E-state index >= 15 is 0 Å². The maximum absolute atomic E-state index is 9.16. The van der Waals surface area contributed by atoms with Gasteiger partial charge in [0.2, 0.25) is 0 Å². The maximum atomic E-state index is 9.16. The minimum Gasteiger partial charge on any atom is -0.508 e. The van der Waals surface area contributed by atoms with E-state index in [4.69, 9.17) is 14.6 Å². The third-order valence-corrected chi connectivity index (χ3v) is 2.44. The first kappa shape index (κ1) is 9.49. The lowest BCUT2D eigenvalue weighted by Gasteiger charge is -2.34. The average Bonchev–Trinajstić information content (AvgIpc) is 2.19. The van der Waals surface area contributed by atoms with Crippen LogP contribution in [0.15, 0.2) is 24.3 Å². The average molecular weight is 194 g/mol. The highest BCUT2D eigenvalue weighted by atomic mass is 16.7. The summed E-state index contributed by atoms with van der Waals surface area (Å²) in [6.45, 7) is 3.34. The van der Waals surface area contributed by atoms with E-state index in [0.29, 0.717) is 0 Å². The molecule has 0 saturated carbocycles. The fourth-order valence-electron chi connectivity index (χ4n) is 1.57. The Bertz CT molecular complexity index is 299. The highest BCUT2D eigenvalue weighted by molar-refractivity contribution is 5.28. The van der Waals surface area contributed by atoms with Gasteiger partial charge < -0.3 is 14.6 Å². The van der Waals surface area contributed by atoms with Crippen molar-refractivity contribution in [2.45, 2.75) is 19.1 Å². The lowest BCUT2D eigenvalue weighted by Crippen LogP contribution is -2.34. The standard InChI is InChI=1S/C11H14O3/c1-11(13-7-2-8-14-11)9-3-5-10(12)6-4-9/h3-6,12H,2,7-8H2,1H3. The molecule has 1 aliphatic heterocycles. The van der Waals surface area contributed by atoms with E-state index in [1.54, 1.807) is 12.1 Å². The van der Waals surface area contributed by atoms with Gasteiger partial charge in [0, 0.05) is 5.56 Å². The van der Waals surface area contributed by atoms with Crippen LogP contribution in [0.5, 0.6) is 5.75 Å². The van der Waals surface area contributed by atoms with Crippen LogP contribution in [0.25, 0.3) is 0 Å². The summed E-state index contributed by atoms with van der Waals surface area (Å²) < 4.78 is 11.2. The molecular formula is C11H14O3. The van der Waals surface area contributed by atoms with Crippen LogP contribution in [0.1, 0.15) is 18.9 Å². The zero-order valence-electron chi connectivity index (χ0n) is 8.19. The smallest absolute Gasteiger partial charge is 0.191 e. The molecule has 0 unspecified atom stereocenters. The van der Waals surface area contributed by atoms with Gasteiger partial charge in [-0.3, -0.25) is 0 Å². The van der Waals surface area contributed by atoms with Crippen molar-refractivity contribution >= 4 is 0 Å². The van der Waals surface area contributed by atoms with Crippen molar-refractivity contribution in [2.24, 2.45) is 0 Å². The molecular weight excluding hydrogens is 180 g/mol. The van der Waals surface area contributed by atoms with Gasteiger partial charge in [-0.25, -0.2) is 0 Å². The van der Waals surface area contributed by atoms with E-state index in [-0.39, 0.29) is 5.75 Å². The van der Waals surface area contributed by atoms with Crippen LogP contribution >= 0.6 is 0 Å². The van der Waals surface area contributed by atoms with Crippen molar-refractivity contribution in [3.05, 3.63) is 29.8 Å². The first-order chi connectivity index (χ1) is 6.71. The molecule has 2 rings (SSSR count). The Hall–Kier alpha value is -1.06. The second kappa shape index (κ2) is 3.59. The summed E-state index contributed by atoms with van der Waals surface area (Å²) in [5, 5.41) is 9.16. The second-order valence-electron chi connectivity index (χ2n) is 3.54. The summed E-state index contributed by atoms with van der Waals surface area (Å²) in [6.07, 6.45) is 0.938. The first-order valence-corrected chi connectivity index (χ1v) is 4.78. The van der Waals surface area contributed by atoms with Gasteiger partial charge in [0.05, 0.1) is 13.2 Å². The lowest BCUT2D eigenvalue weighted by molar-refractivity contribution is -0.264. The SMILES string of the molecule is CC1(c2ccc(O)cc2)OCCCO1. The number of hydrogen-bond donors (Lipinski definition) is 1. The fraction of sp³-hybridized carbons (Fsp3) is 0.455. The third-order valence-electron chi connectivity index (χ3n) is 2.44. The molecule has 1 aliphatic rings. The van der Waals surface area contributed by atoms with Gasteiger partial charge in [0.25, 0.3) is 0 Å². The summed E-state index contributed by atoms with van der Waals surface area (Å²) in [5.41, 5.74) is 0.940. The molecule has 0 bridgehead atoms. The van der Waals surface area contributed by atoms with E-state index < -0.39 is 5.79 Å². The fourth-order valence-corrected chi connectivity index (χ4v) is 1.57. The number of rotatable bonds is 1. The molecule has 0 amide bonds. The van der Waals surface area contributed by atoms with Gasteiger partial charge in [-0.2, -0.15) is 0 Å². The number of ether oxygens (including phenoxy) is 2. The molecule has 1 aromatic carbocycles. The molecule has 76 valence electrons. The molecule has 3 heteroatoms. The summed E-state index contributed by atoms with van der Waals surface area (Å²) in [7, 11) is 0. The second-order valence-corrected chi connectivity index (χ2v) is 3.54. The van der Waals surface area contributed by atoms with Gasteiger partial charge in [-0.1, -0.05) is 0 Å². The van der Waals surface area contributed by atoms with Gasteiger partial charge >= 0.3 is 0 Å². The third kappa shape index (κ3) is 1.74. The molecule has 0 radical (unpaired) electrons. The van der Waals surface area contributed by atoms with Crippen molar-refractivity contribution in [2.75, 3.05) is 13.2 Å². The minimum atomic E-state index is -0.647. The molecule has 1 aromatic rings. The molecule has 0 aromatic heterocycles. The first-order valence-electron chi connectivity index (χ1n) is 4.78. The number of phenols is 1. The molecule has 0 spiro atoms. The summed E-state index contributed by atoms with van der Waals surface area (Å²) in [5.74, 6) is -0.389. The Labute approximate surface area is 83.3 Å². The zero-order valence-corrected chi connectivity index (χ0v) is 8.19. The monoisotopic (exact) mass is 194 g/mol. The minimum absolute atomic E-state index is 0.258. The van der Waals surface area contributed by atoms with Gasteiger partial charge in [0.1, 0.15) is 5.75 Å². The van der Waals surface area contributed by atoms with Crippen LogP contribution in [0.3, 0.4) is 0 Å². The summed E-state index contributed by atoms with van der Waals surface area (Å²) >= 11 is 0. The van der Waals surface area contributed by atoms with Crippen molar-refractivity contribution in [3.8, 4) is 5.75 Å². The number of hydrogen-bond acceptors (Lipinski definition) is 3. The zero-order chi connectivity index (χ0) is 10.0. The maximum Gasteiger partial charge on any atom is 0.191 e. The van der Waals surface area contributed by atoms with Crippen LogP contribution in [0.2, 0.25) is 0 Å². The number of phenolic OH excluding ortho intramolecular Hbond substituents is 1. The highest BCUT2D eigenvalue weighted by Crippen LogP contribution is 2.30. The molecule has 1 N–H and O–H groups in total. The lowest BCUT2D eigenvalue weighted by atomic mass is 10.1. The van der Waals surface area contributed by atoms with E-state index in [2.05, 4.69) is 0 Å². The molecule has 1 fully saturated rings. The number of aromatic hydroxyl groups is 1. The van der Waals surface area contributed by atoms with Crippen LogP contribution in [-0.2, 0) is 15.3 Å². The highest BCUT2D eigenvalue weighted by Gasteiger charge is 2.30. The summed E-state index contributed by atoms with van der Waals surface area (Å²) in [6, 6.07) is 6.92. The molecule has 0 aliphatic carbocycles. The Morgan fingerprint density at radius 2 is 1.71 bits per heavy atom. The Kier molecular flexibility index (Phi) is 2.44. The van der Waals surface area contributed by atoms with Gasteiger partial charge in [0.15, 0.2) is 5.79 Å². The molecule has 0 atom stereocenters. The molecule has 3 nitrogen and oxygen atoms in total. The Balaban J connectivity index is 2.23. The topological polar surface area (TPSA) is 38.7 Å². The largest absolute Gasteiger partial charge is 0.508 e. The van der Waals surface area contributed by atoms with Crippen molar-refractivity contribution in [1.82, 2.24) is 0 Å². The number of benzene rings is 1. The van der Waals surface area contributed by atoms with Crippen molar-refractivity contribution in [3.63, 3.8) is 0 Å². The summed E-state index contributed by atoms with van der Waals surface area (Å²) in [4.78, 5) is 0. The molecule has 1 saturated heterocycles. The van der Waals surface area contributed by atoms with Crippen LogP contribution in [0, 0.1) is 0 Å². The quantitative estimate of drug-likeness (QED) is 0.743. The molecule has 1 heterocycles. The predicted octanol–water partition coefficient (Wildman–Crippen LogP) is 2.00. The Morgan fingerprint density at radius 1 is 1.14 bits per heavy atom. The van der Waals surface area contributed by atoms with E-state index in [0.717, 1.165) is 25.2 Å². The van der Waals surface area contributed by atoms with Gasteiger partial charge in [-0.15, -0.1) is 0 Å². The van der Waals surface area contributed by atoms with E-state index in [1.165, 1.54) is 0 Å². The van der Waals surface area contributed by atoms with Crippen molar-refractivity contribution in [1.29, 1.82) is 0 Å². The van der Waals surface area contributed by atoms with Crippen LogP contribution in [0.4, 0.5) is 0 Å². The van der Waals surface area contributed by atoms with Crippen LogP contribution < -0.4 is 0 Å². The normalized spacial score (nSPS) is 20.6. The van der Waals surface area contributed by atoms with Crippen LogP contribution in [-0.4, -0.2) is 18.3 Å². The predicted molar refractivity (Wildman–Crippen MR) is 52.0 cm³/mol. The van der Waals surface area contributed by atoms with E-state index in [1.807, 2.05) is 19.1 Å². The van der Waals surface area contributed by atoms with E-state index in [9.17, 15) is 0 Å². The van der Waals surface area contributed by atoms with Crippen molar-refractivity contribution < 1.29 is 14.6 Å².